The van der Waals surface area contributed by atoms with Gasteiger partial charge in [-0.3, -0.25) is 4.98 Å². The monoisotopic (exact) mass is 269 g/mol. The van der Waals surface area contributed by atoms with Crippen molar-refractivity contribution in [1.29, 1.82) is 0 Å². The first-order valence-corrected chi connectivity index (χ1v) is 6.14. The van der Waals surface area contributed by atoms with Crippen LogP contribution in [0, 0.1) is 11.3 Å². The molecule has 1 heterocycles. The lowest BCUT2D eigenvalue weighted by atomic mass is 9.80. The molecule has 1 fully saturated rings. The predicted octanol–water partition coefficient (Wildman–Crippen LogP) is 2.80. The minimum absolute atomic E-state index is 0.0441. The van der Waals surface area contributed by atoms with E-state index in [0.717, 1.165) is 10.9 Å². The van der Waals surface area contributed by atoms with Crippen molar-refractivity contribution >= 4 is 15.9 Å². The van der Waals surface area contributed by atoms with Crippen LogP contribution >= 0.6 is 15.9 Å². The van der Waals surface area contributed by atoms with Crippen LogP contribution in [0.2, 0.25) is 0 Å². The van der Waals surface area contributed by atoms with E-state index in [4.69, 9.17) is 0 Å². The van der Waals surface area contributed by atoms with Gasteiger partial charge in [0.1, 0.15) is 0 Å². The predicted molar refractivity (Wildman–Crippen MR) is 63.6 cm³/mol. The van der Waals surface area contributed by atoms with Gasteiger partial charge in [0.2, 0.25) is 0 Å². The maximum atomic E-state index is 9.49. The number of rotatable bonds is 4. The fraction of sp³-hybridized carbons (Fsp3) is 0.583. The SMILES string of the molecule is CC(CO)(Cc1cncc(Br)c1)C1CC1. The third-order valence-corrected chi connectivity index (χ3v) is 3.73. The zero-order valence-corrected chi connectivity index (χ0v) is 10.5. The van der Waals surface area contributed by atoms with Crippen molar-refractivity contribution in [2.24, 2.45) is 11.3 Å². The van der Waals surface area contributed by atoms with Crippen LogP contribution in [0.25, 0.3) is 0 Å². The molecular formula is C12H16BrNO. The van der Waals surface area contributed by atoms with Gasteiger partial charge in [0.15, 0.2) is 0 Å². The quantitative estimate of drug-likeness (QED) is 0.912. The van der Waals surface area contributed by atoms with Crippen LogP contribution in [0.4, 0.5) is 0 Å². The Hall–Kier alpha value is -0.410. The van der Waals surface area contributed by atoms with Gasteiger partial charge in [0.25, 0.3) is 0 Å². The van der Waals surface area contributed by atoms with Crippen LogP contribution in [0.3, 0.4) is 0 Å². The van der Waals surface area contributed by atoms with Crippen molar-refractivity contribution in [3.63, 3.8) is 0 Å². The number of halogens is 1. The third-order valence-electron chi connectivity index (χ3n) is 3.29. The molecule has 1 aliphatic carbocycles. The lowest BCUT2D eigenvalue weighted by molar-refractivity contribution is 0.119. The number of pyridine rings is 1. The van der Waals surface area contributed by atoms with Gasteiger partial charge >= 0.3 is 0 Å². The summed E-state index contributed by atoms with van der Waals surface area (Å²) >= 11 is 3.42. The molecule has 2 nitrogen and oxygen atoms in total. The lowest BCUT2D eigenvalue weighted by Gasteiger charge is -2.27. The molecule has 0 spiro atoms. The third kappa shape index (κ3) is 2.58. The number of aliphatic hydroxyl groups is 1. The zero-order valence-electron chi connectivity index (χ0n) is 8.91. The van der Waals surface area contributed by atoms with Crippen molar-refractivity contribution < 1.29 is 5.11 Å². The van der Waals surface area contributed by atoms with Gasteiger partial charge in [0.05, 0.1) is 0 Å². The van der Waals surface area contributed by atoms with Gasteiger partial charge in [-0.1, -0.05) is 6.92 Å². The van der Waals surface area contributed by atoms with E-state index in [0.29, 0.717) is 5.92 Å². The molecule has 0 saturated heterocycles. The molecule has 15 heavy (non-hydrogen) atoms. The Morgan fingerprint density at radius 1 is 1.53 bits per heavy atom. The van der Waals surface area contributed by atoms with E-state index in [1.807, 2.05) is 6.20 Å². The number of aliphatic hydroxyl groups excluding tert-OH is 1. The van der Waals surface area contributed by atoms with Crippen molar-refractivity contribution in [3.05, 3.63) is 28.5 Å². The summed E-state index contributed by atoms with van der Waals surface area (Å²) < 4.78 is 1.01. The summed E-state index contributed by atoms with van der Waals surface area (Å²) in [5, 5.41) is 9.49. The molecule has 1 atom stereocenters. The molecule has 1 aromatic rings. The minimum Gasteiger partial charge on any atom is -0.396 e. The summed E-state index contributed by atoms with van der Waals surface area (Å²) in [7, 11) is 0. The Kier molecular flexibility index (Phi) is 3.12. The minimum atomic E-state index is 0.0441. The molecule has 0 bridgehead atoms. The van der Waals surface area contributed by atoms with Gasteiger partial charge in [-0.15, -0.1) is 0 Å². The highest BCUT2D eigenvalue weighted by molar-refractivity contribution is 9.10. The fourth-order valence-corrected chi connectivity index (χ4v) is 2.54. The average Bonchev–Trinajstić information content (AvgIpc) is 3.01. The van der Waals surface area contributed by atoms with Gasteiger partial charge in [-0.2, -0.15) is 0 Å². The van der Waals surface area contributed by atoms with E-state index < -0.39 is 0 Å². The van der Waals surface area contributed by atoms with Crippen LogP contribution in [0.1, 0.15) is 25.3 Å². The van der Waals surface area contributed by atoms with E-state index in [1.54, 1.807) is 6.20 Å². The van der Waals surface area contributed by atoms with E-state index >= 15 is 0 Å². The Morgan fingerprint density at radius 2 is 2.27 bits per heavy atom. The molecule has 1 aromatic heterocycles. The molecular weight excluding hydrogens is 254 g/mol. The first-order valence-electron chi connectivity index (χ1n) is 5.34. The number of hydrogen-bond acceptors (Lipinski definition) is 2. The van der Waals surface area contributed by atoms with Crippen LogP contribution < -0.4 is 0 Å². The van der Waals surface area contributed by atoms with Crippen molar-refractivity contribution in [2.75, 3.05) is 6.61 Å². The van der Waals surface area contributed by atoms with Gasteiger partial charge in [0, 0.05) is 23.5 Å². The Labute approximate surface area is 98.9 Å². The van der Waals surface area contributed by atoms with Crippen LogP contribution in [-0.2, 0) is 6.42 Å². The highest BCUT2D eigenvalue weighted by Crippen LogP contribution is 2.47. The Morgan fingerprint density at radius 3 is 2.80 bits per heavy atom. The normalized spacial score (nSPS) is 19.9. The molecule has 2 rings (SSSR count). The van der Waals surface area contributed by atoms with Crippen LogP contribution in [0.5, 0.6) is 0 Å². The van der Waals surface area contributed by atoms with E-state index in [2.05, 4.69) is 33.9 Å². The summed E-state index contributed by atoms with van der Waals surface area (Å²) in [6, 6.07) is 2.09. The standard InChI is InChI=1S/C12H16BrNO/c1-12(8-15,10-2-3-10)5-9-4-11(13)7-14-6-9/h4,6-7,10,15H,2-3,5,8H2,1H3. The topological polar surface area (TPSA) is 33.1 Å². The first kappa shape index (κ1) is 11.1. The summed E-state index contributed by atoms with van der Waals surface area (Å²) in [5.74, 6) is 0.696. The maximum Gasteiger partial charge on any atom is 0.0490 e. The Bertz CT molecular complexity index is 351. The Balaban J connectivity index is 2.12. The zero-order chi connectivity index (χ0) is 10.9. The van der Waals surface area contributed by atoms with Crippen molar-refractivity contribution in [2.45, 2.75) is 26.2 Å². The molecule has 0 aliphatic heterocycles. The lowest BCUT2D eigenvalue weighted by Crippen LogP contribution is -2.26. The molecule has 0 aromatic carbocycles. The second-order valence-corrected chi connectivity index (χ2v) is 5.69. The molecule has 1 unspecified atom stereocenters. The molecule has 0 radical (unpaired) electrons. The summed E-state index contributed by atoms with van der Waals surface area (Å²) in [5.41, 5.74) is 1.25. The summed E-state index contributed by atoms with van der Waals surface area (Å²) in [6.45, 7) is 2.44. The van der Waals surface area contributed by atoms with Gasteiger partial charge in [-0.25, -0.2) is 0 Å². The number of nitrogens with zero attached hydrogens (tertiary/aromatic N) is 1. The highest BCUT2D eigenvalue weighted by Gasteiger charge is 2.40. The largest absolute Gasteiger partial charge is 0.396 e. The summed E-state index contributed by atoms with van der Waals surface area (Å²) in [6.07, 6.45) is 7.12. The second kappa shape index (κ2) is 4.22. The number of hydrogen-bond donors (Lipinski definition) is 1. The van der Waals surface area contributed by atoms with E-state index in [1.165, 1.54) is 18.4 Å². The van der Waals surface area contributed by atoms with Gasteiger partial charge < -0.3 is 5.11 Å². The molecule has 1 aliphatic rings. The maximum absolute atomic E-state index is 9.49. The molecule has 0 amide bonds. The average molecular weight is 270 g/mol. The smallest absolute Gasteiger partial charge is 0.0490 e. The van der Waals surface area contributed by atoms with Crippen molar-refractivity contribution in [3.8, 4) is 0 Å². The molecule has 1 saturated carbocycles. The highest BCUT2D eigenvalue weighted by atomic mass is 79.9. The molecule has 1 N–H and O–H groups in total. The van der Waals surface area contributed by atoms with E-state index in [-0.39, 0.29) is 12.0 Å². The van der Waals surface area contributed by atoms with E-state index in [9.17, 15) is 5.11 Å². The molecule has 82 valence electrons. The second-order valence-electron chi connectivity index (χ2n) is 4.77. The number of aromatic nitrogens is 1. The first-order chi connectivity index (χ1) is 7.14. The fourth-order valence-electron chi connectivity index (χ4n) is 2.13. The van der Waals surface area contributed by atoms with Crippen LogP contribution in [0.15, 0.2) is 22.9 Å². The molecule has 3 heteroatoms. The van der Waals surface area contributed by atoms with Gasteiger partial charge in [-0.05, 0) is 58.2 Å². The summed E-state index contributed by atoms with van der Waals surface area (Å²) in [4.78, 5) is 4.15. The van der Waals surface area contributed by atoms with Crippen LogP contribution in [-0.4, -0.2) is 16.7 Å². The van der Waals surface area contributed by atoms with Crippen molar-refractivity contribution in [1.82, 2.24) is 4.98 Å².